The lowest BCUT2D eigenvalue weighted by Crippen LogP contribution is -2.41. The smallest absolute Gasteiger partial charge is 0.394 e. The van der Waals surface area contributed by atoms with E-state index in [1.807, 2.05) is 13.8 Å². The molecule has 0 saturated carbocycles. The minimum Gasteiger partial charge on any atom is -0.394 e. The fraction of sp³-hybridized carbons (Fsp3) is 1.00. The Kier molecular flexibility index (Phi) is 8.61. The molecule has 1 N–H and O–H groups in total. The number of hydrogen-bond acceptors (Lipinski definition) is 3. The van der Waals surface area contributed by atoms with Gasteiger partial charge in [-0.2, -0.15) is 13.2 Å². The Balaban J connectivity index is 0.000000321. The molecule has 2 rings (SSSR count). The van der Waals surface area contributed by atoms with Gasteiger partial charge in [0.05, 0.1) is 6.61 Å². The number of methoxy groups -OCH3 is 1. The average molecular weight is 285 g/mol. The topological polar surface area (TPSA) is 32.7 Å². The fourth-order valence-electron chi connectivity index (χ4n) is 2.65. The first-order valence-electron chi connectivity index (χ1n) is 6.85. The van der Waals surface area contributed by atoms with Crippen molar-refractivity contribution in [3.8, 4) is 0 Å². The summed E-state index contributed by atoms with van der Waals surface area (Å²) in [7, 11) is 1.01. The van der Waals surface area contributed by atoms with Crippen LogP contribution in [0.25, 0.3) is 0 Å². The third kappa shape index (κ3) is 6.10. The second kappa shape index (κ2) is 8.76. The van der Waals surface area contributed by atoms with E-state index in [2.05, 4.69) is 9.64 Å². The van der Waals surface area contributed by atoms with Gasteiger partial charge in [-0.3, -0.25) is 4.90 Å². The standard InChI is InChI=1S/C8H15NO.C3H5F3O.C2H6/c10-7-8-3-1-5-9(8)6-2-4-8;1-7-2-3(4,5)6;1-2/h10H,1-7H2;2H2,1H3;1-2H3. The molecule has 0 aliphatic carbocycles. The Morgan fingerprint density at radius 2 is 1.63 bits per heavy atom. The van der Waals surface area contributed by atoms with E-state index < -0.39 is 12.8 Å². The molecule has 2 fully saturated rings. The van der Waals surface area contributed by atoms with Crippen LogP contribution in [-0.4, -0.2) is 55.1 Å². The SMILES string of the molecule is CC.COCC(F)(F)F.OCC12CCCN1CCC2. The van der Waals surface area contributed by atoms with Crippen molar-refractivity contribution >= 4 is 0 Å². The van der Waals surface area contributed by atoms with Gasteiger partial charge in [0.25, 0.3) is 0 Å². The van der Waals surface area contributed by atoms with Crippen LogP contribution in [0.1, 0.15) is 39.5 Å². The summed E-state index contributed by atoms with van der Waals surface area (Å²) < 4.78 is 36.6. The molecule has 0 aromatic rings. The third-order valence-corrected chi connectivity index (χ3v) is 3.41. The summed E-state index contributed by atoms with van der Waals surface area (Å²) in [5.41, 5.74) is 0.236. The average Bonchev–Trinajstić information content (AvgIpc) is 2.89. The van der Waals surface area contributed by atoms with E-state index in [1.54, 1.807) is 0 Å². The zero-order chi connectivity index (χ0) is 14.9. The first-order valence-corrected chi connectivity index (χ1v) is 6.85. The molecule has 0 atom stereocenters. The number of halogens is 3. The molecule has 0 radical (unpaired) electrons. The molecule has 2 heterocycles. The van der Waals surface area contributed by atoms with Gasteiger partial charge in [0.1, 0.15) is 6.61 Å². The fourth-order valence-corrected chi connectivity index (χ4v) is 2.65. The van der Waals surface area contributed by atoms with Gasteiger partial charge in [0.2, 0.25) is 0 Å². The van der Waals surface area contributed by atoms with Gasteiger partial charge >= 0.3 is 6.18 Å². The lowest BCUT2D eigenvalue weighted by Gasteiger charge is -2.29. The second-order valence-corrected chi connectivity index (χ2v) is 4.62. The first kappa shape index (κ1) is 18.7. The Morgan fingerprint density at radius 3 is 1.84 bits per heavy atom. The van der Waals surface area contributed by atoms with Crippen molar-refractivity contribution in [3.05, 3.63) is 0 Å². The second-order valence-electron chi connectivity index (χ2n) is 4.62. The number of rotatable bonds is 2. The van der Waals surface area contributed by atoms with Gasteiger partial charge < -0.3 is 9.84 Å². The van der Waals surface area contributed by atoms with E-state index in [0.29, 0.717) is 6.61 Å². The molecule has 0 aromatic carbocycles. The van der Waals surface area contributed by atoms with Crippen LogP contribution in [0.2, 0.25) is 0 Å². The van der Waals surface area contributed by atoms with Crippen LogP contribution in [0.4, 0.5) is 13.2 Å². The zero-order valence-corrected chi connectivity index (χ0v) is 12.1. The van der Waals surface area contributed by atoms with Gasteiger partial charge in [0.15, 0.2) is 0 Å². The highest BCUT2D eigenvalue weighted by molar-refractivity contribution is 4.99. The summed E-state index contributed by atoms with van der Waals surface area (Å²) in [6, 6.07) is 0. The van der Waals surface area contributed by atoms with Gasteiger partial charge in [0, 0.05) is 12.6 Å². The Morgan fingerprint density at radius 1 is 1.16 bits per heavy atom. The summed E-state index contributed by atoms with van der Waals surface area (Å²) in [5.74, 6) is 0. The number of alkyl halides is 3. The van der Waals surface area contributed by atoms with Crippen LogP contribution in [0, 0.1) is 0 Å². The van der Waals surface area contributed by atoms with Crippen LogP contribution >= 0.6 is 0 Å². The molecule has 2 saturated heterocycles. The Bertz CT molecular complexity index is 224. The highest BCUT2D eigenvalue weighted by Gasteiger charge is 2.43. The van der Waals surface area contributed by atoms with Crippen molar-refractivity contribution in [3.63, 3.8) is 0 Å². The van der Waals surface area contributed by atoms with Gasteiger partial charge in [-0.1, -0.05) is 13.8 Å². The number of nitrogens with zero attached hydrogens (tertiary/aromatic N) is 1. The Hall–Kier alpha value is -0.330. The molecule has 0 spiro atoms. The third-order valence-electron chi connectivity index (χ3n) is 3.41. The van der Waals surface area contributed by atoms with Crippen molar-refractivity contribution in [1.82, 2.24) is 4.90 Å². The monoisotopic (exact) mass is 285 g/mol. The first-order chi connectivity index (χ1) is 8.93. The van der Waals surface area contributed by atoms with Gasteiger partial charge in [-0.15, -0.1) is 0 Å². The molecule has 3 nitrogen and oxygen atoms in total. The zero-order valence-electron chi connectivity index (χ0n) is 12.1. The molecule has 116 valence electrons. The van der Waals surface area contributed by atoms with E-state index in [1.165, 1.54) is 38.8 Å². The molecule has 0 bridgehead atoms. The maximum absolute atomic E-state index is 10.9. The molecule has 0 unspecified atom stereocenters. The van der Waals surface area contributed by atoms with Crippen molar-refractivity contribution < 1.29 is 23.0 Å². The van der Waals surface area contributed by atoms with E-state index in [0.717, 1.165) is 7.11 Å². The van der Waals surface area contributed by atoms with Gasteiger partial charge in [-0.25, -0.2) is 0 Å². The maximum Gasteiger partial charge on any atom is 0.411 e. The summed E-state index contributed by atoms with van der Waals surface area (Å²) in [5, 5.41) is 9.19. The van der Waals surface area contributed by atoms with E-state index in [-0.39, 0.29) is 5.54 Å². The molecule has 2 aliphatic heterocycles. The lowest BCUT2D eigenvalue weighted by molar-refractivity contribution is -0.167. The van der Waals surface area contributed by atoms with Crippen LogP contribution in [0.3, 0.4) is 0 Å². The van der Waals surface area contributed by atoms with Crippen LogP contribution in [0.15, 0.2) is 0 Å². The molecular formula is C13H26F3NO2. The molecular weight excluding hydrogens is 259 g/mol. The number of hydrogen-bond donors (Lipinski definition) is 1. The minimum absolute atomic E-state index is 0.236. The van der Waals surface area contributed by atoms with Crippen LogP contribution in [-0.2, 0) is 4.74 Å². The Labute approximate surface area is 113 Å². The quantitative estimate of drug-likeness (QED) is 0.847. The number of fused-ring (bicyclic) bond motifs is 1. The molecule has 2 aliphatic rings. The summed E-state index contributed by atoms with van der Waals surface area (Å²) in [6.45, 7) is 5.67. The summed E-state index contributed by atoms with van der Waals surface area (Å²) in [4.78, 5) is 2.47. The van der Waals surface area contributed by atoms with E-state index in [4.69, 9.17) is 0 Å². The van der Waals surface area contributed by atoms with Crippen molar-refractivity contribution in [2.24, 2.45) is 0 Å². The van der Waals surface area contributed by atoms with Crippen LogP contribution in [0.5, 0.6) is 0 Å². The molecule has 19 heavy (non-hydrogen) atoms. The van der Waals surface area contributed by atoms with E-state index >= 15 is 0 Å². The maximum atomic E-state index is 10.9. The number of aliphatic hydroxyl groups is 1. The normalized spacial score (nSPS) is 21.0. The van der Waals surface area contributed by atoms with Crippen LogP contribution < -0.4 is 0 Å². The molecule has 0 amide bonds. The predicted molar refractivity (Wildman–Crippen MR) is 69.1 cm³/mol. The molecule has 6 heteroatoms. The predicted octanol–water partition coefficient (Wildman–Crippen LogP) is 2.83. The highest BCUT2D eigenvalue weighted by Crippen LogP contribution is 2.37. The molecule has 0 aromatic heterocycles. The largest absolute Gasteiger partial charge is 0.411 e. The van der Waals surface area contributed by atoms with Crippen molar-refractivity contribution in [2.45, 2.75) is 51.2 Å². The minimum atomic E-state index is -4.17. The van der Waals surface area contributed by atoms with Crippen molar-refractivity contribution in [1.29, 1.82) is 0 Å². The number of aliphatic hydroxyl groups excluding tert-OH is 1. The summed E-state index contributed by atoms with van der Waals surface area (Å²) in [6.07, 6.45) is 0.864. The lowest BCUT2D eigenvalue weighted by atomic mass is 9.96. The van der Waals surface area contributed by atoms with Crippen molar-refractivity contribution in [2.75, 3.05) is 33.4 Å². The highest BCUT2D eigenvalue weighted by atomic mass is 19.4. The van der Waals surface area contributed by atoms with E-state index in [9.17, 15) is 18.3 Å². The van der Waals surface area contributed by atoms with Gasteiger partial charge in [-0.05, 0) is 38.8 Å². The number of ether oxygens (including phenoxy) is 1. The summed E-state index contributed by atoms with van der Waals surface area (Å²) >= 11 is 0.